The van der Waals surface area contributed by atoms with Crippen molar-refractivity contribution >= 4 is 67.8 Å². The van der Waals surface area contributed by atoms with Crippen LogP contribution in [0.5, 0.6) is 0 Å². The van der Waals surface area contributed by atoms with Crippen molar-refractivity contribution in [3.63, 3.8) is 0 Å². The van der Waals surface area contributed by atoms with Gasteiger partial charge in [-0.25, -0.2) is 0 Å². The van der Waals surface area contributed by atoms with E-state index in [4.69, 9.17) is 0 Å². The molecule has 7 aliphatic rings. The van der Waals surface area contributed by atoms with E-state index in [1.807, 2.05) is 0 Å². The second-order valence-corrected chi connectivity index (χ2v) is 14.6. The maximum absolute atomic E-state index is 3.02. The lowest BCUT2D eigenvalue weighted by atomic mass is 9.46. The molecule has 6 bridgehead atoms. The van der Waals surface area contributed by atoms with E-state index >= 15 is 0 Å². The molecule has 7 fully saturated rings. The summed E-state index contributed by atoms with van der Waals surface area (Å²) >= 11 is 8.79. The fourth-order valence-electron chi connectivity index (χ4n) is 9.47. The van der Waals surface area contributed by atoms with Gasteiger partial charge in [-0.3, -0.25) is 0 Å². The van der Waals surface area contributed by atoms with E-state index < -0.39 is 0 Å². The van der Waals surface area contributed by atoms with Crippen LogP contribution in [0.2, 0.25) is 0 Å². The minimum atomic E-state index is 0.738. The first-order valence-corrected chi connectivity index (χ1v) is 12.6. The molecule has 0 amide bonds. The standard InChI is InChI=1S/C18H21I3/c19-15-10-9-12(10)17(21)4-8-6-2-1-3-7(8)11(6)18(5-17)13(9)14(18)16(15)20/h6-16H,1-5H2. The van der Waals surface area contributed by atoms with Crippen LogP contribution in [0.25, 0.3) is 0 Å². The predicted octanol–water partition coefficient (Wildman–Crippen LogP) is 5.35. The third kappa shape index (κ3) is 1.19. The molecular formula is C18H21I3. The summed E-state index contributed by atoms with van der Waals surface area (Å²) in [7, 11) is 0. The van der Waals surface area contributed by atoms with Crippen molar-refractivity contribution in [2.75, 3.05) is 0 Å². The second kappa shape index (κ2) is 3.66. The molecule has 0 aromatic heterocycles. The van der Waals surface area contributed by atoms with Crippen molar-refractivity contribution in [1.29, 1.82) is 0 Å². The highest BCUT2D eigenvalue weighted by atomic mass is 127. The number of rotatable bonds is 0. The zero-order chi connectivity index (χ0) is 13.9. The Kier molecular flexibility index (Phi) is 2.33. The Morgan fingerprint density at radius 1 is 0.762 bits per heavy atom. The van der Waals surface area contributed by atoms with Gasteiger partial charge in [0.2, 0.25) is 0 Å². The van der Waals surface area contributed by atoms with Crippen LogP contribution in [0.4, 0.5) is 0 Å². The van der Waals surface area contributed by atoms with Crippen molar-refractivity contribution in [3.8, 4) is 0 Å². The van der Waals surface area contributed by atoms with E-state index in [0.29, 0.717) is 0 Å². The average Bonchev–Trinajstić information content (AvgIpc) is 3.34. The van der Waals surface area contributed by atoms with Gasteiger partial charge >= 0.3 is 0 Å². The number of halogens is 3. The average molecular weight is 618 g/mol. The third-order valence-electron chi connectivity index (χ3n) is 9.57. The molecule has 11 unspecified atom stereocenters. The van der Waals surface area contributed by atoms with Crippen molar-refractivity contribution < 1.29 is 0 Å². The molecule has 11 atom stereocenters. The first-order chi connectivity index (χ1) is 10.1. The molecule has 114 valence electrons. The van der Waals surface area contributed by atoms with Crippen molar-refractivity contribution in [3.05, 3.63) is 0 Å². The summed E-state index contributed by atoms with van der Waals surface area (Å²) in [6.45, 7) is 0. The Labute approximate surface area is 168 Å². The van der Waals surface area contributed by atoms with Gasteiger partial charge < -0.3 is 0 Å². The third-order valence-corrected chi connectivity index (χ3v) is 15.6. The normalized spacial score (nSPS) is 81.0. The zero-order valence-electron chi connectivity index (χ0n) is 12.0. The maximum Gasteiger partial charge on any atom is 0.0267 e. The van der Waals surface area contributed by atoms with Gasteiger partial charge in [0.15, 0.2) is 0 Å². The van der Waals surface area contributed by atoms with Gasteiger partial charge in [-0.2, -0.15) is 0 Å². The summed E-state index contributed by atoms with van der Waals surface area (Å²) in [5.41, 5.74) is 0.867. The second-order valence-electron chi connectivity index (χ2n) is 9.60. The van der Waals surface area contributed by atoms with Crippen LogP contribution in [0.15, 0.2) is 0 Å². The molecule has 0 aromatic rings. The van der Waals surface area contributed by atoms with Gasteiger partial charge in [-0.15, -0.1) is 0 Å². The van der Waals surface area contributed by atoms with Crippen LogP contribution in [-0.4, -0.2) is 11.3 Å². The van der Waals surface area contributed by atoms with Gasteiger partial charge in [-0.1, -0.05) is 74.2 Å². The quantitative estimate of drug-likeness (QED) is 0.254. The van der Waals surface area contributed by atoms with E-state index in [9.17, 15) is 0 Å². The molecule has 3 heteroatoms. The van der Waals surface area contributed by atoms with E-state index in [-0.39, 0.29) is 0 Å². The maximum atomic E-state index is 3.02. The Balaban J connectivity index is 1.46. The molecule has 0 heterocycles. The first-order valence-electron chi connectivity index (χ1n) is 9.07. The zero-order valence-corrected chi connectivity index (χ0v) is 18.5. The van der Waals surface area contributed by atoms with Crippen LogP contribution in [0.1, 0.15) is 32.1 Å². The molecule has 21 heavy (non-hydrogen) atoms. The monoisotopic (exact) mass is 618 g/mol. The van der Waals surface area contributed by atoms with Gasteiger partial charge in [0.1, 0.15) is 0 Å². The van der Waals surface area contributed by atoms with Crippen molar-refractivity contribution in [2.45, 2.75) is 43.4 Å². The number of alkyl halides is 3. The van der Waals surface area contributed by atoms with Gasteiger partial charge in [-0.05, 0) is 84.4 Å². The van der Waals surface area contributed by atoms with Crippen LogP contribution in [-0.2, 0) is 0 Å². The Morgan fingerprint density at radius 2 is 1.52 bits per heavy atom. The smallest absolute Gasteiger partial charge is 0.0267 e. The van der Waals surface area contributed by atoms with E-state index in [1.54, 1.807) is 32.1 Å². The SMILES string of the molecule is IC1C(I)C2C3C4C1C4C1(I)CC4C5CCCC4C5C23C1. The number of hydrogen-bond acceptors (Lipinski definition) is 0. The minimum absolute atomic E-state index is 0.738. The summed E-state index contributed by atoms with van der Waals surface area (Å²) in [6, 6.07) is 0. The first kappa shape index (κ1) is 13.4. The topological polar surface area (TPSA) is 0 Å². The van der Waals surface area contributed by atoms with Gasteiger partial charge in [0, 0.05) is 11.3 Å². The highest BCUT2D eigenvalue weighted by Crippen LogP contribution is 2.93. The molecule has 1 spiro atoms. The van der Waals surface area contributed by atoms with Crippen molar-refractivity contribution in [1.82, 2.24) is 0 Å². The number of hydrogen-bond donors (Lipinski definition) is 0. The lowest BCUT2D eigenvalue weighted by Gasteiger charge is -2.59. The fourth-order valence-corrected chi connectivity index (χ4v) is 14.4. The highest BCUT2D eigenvalue weighted by Gasteiger charge is 2.91. The van der Waals surface area contributed by atoms with Gasteiger partial charge in [0.05, 0.1) is 0 Å². The van der Waals surface area contributed by atoms with Crippen LogP contribution < -0.4 is 0 Å². The number of fused-ring (bicyclic) bond motifs is 4. The van der Waals surface area contributed by atoms with Gasteiger partial charge in [0.25, 0.3) is 0 Å². The molecule has 7 rings (SSSR count). The molecule has 7 saturated carbocycles. The van der Waals surface area contributed by atoms with E-state index in [0.717, 1.165) is 34.4 Å². The molecule has 7 aliphatic carbocycles. The van der Waals surface area contributed by atoms with E-state index in [1.165, 1.54) is 35.5 Å². The minimum Gasteiger partial charge on any atom is -0.0811 e. The summed E-state index contributed by atoms with van der Waals surface area (Å²) < 4.78 is 2.76. The summed E-state index contributed by atoms with van der Waals surface area (Å²) in [4.78, 5) is 0. The Bertz CT molecular complexity index is 565. The molecule has 0 aromatic carbocycles. The highest BCUT2D eigenvalue weighted by molar-refractivity contribution is 14.1. The van der Waals surface area contributed by atoms with E-state index in [2.05, 4.69) is 67.8 Å². The largest absolute Gasteiger partial charge is 0.0811 e. The summed E-state index contributed by atoms with van der Waals surface area (Å²) in [5, 5.41) is 0. The lowest BCUT2D eigenvalue weighted by molar-refractivity contribution is -0.104. The lowest BCUT2D eigenvalue weighted by Crippen LogP contribution is -2.53. The molecular weight excluding hydrogens is 597 g/mol. The fraction of sp³-hybridized carbons (Fsp3) is 1.00. The predicted molar refractivity (Wildman–Crippen MR) is 109 cm³/mol. The summed E-state index contributed by atoms with van der Waals surface area (Å²) in [5.74, 6) is 10.5. The summed E-state index contributed by atoms with van der Waals surface area (Å²) in [6.07, 6.45) is 8.08. The van der Waals surface area contributed by atoms with Crippen molar-refractivity contribution in [2.24, 2.45) is 58.7 Å². The molecule has 0 radical (unpaired) electrons. The Morgan fingerprint density at radius 3 is 2.29 bits per heavy atom. The molecule has 0 N–H and O–H groups in total. The molecule has 0 nitrogen and oxygen atoms in total. The van der Waals surface area contributed by atoms with Crippen LogP contribution >= 0.6 is 67.8 Å². The molecule has 0 aliphatic heterocycles. The van der Waals surface area contributed by atoms with Crippen LogP contribution in [0, 0.1) is 58.7 Å². The Hall–Kier alpha value is 2.19. The van der Waals surface area contributed by atoms with Crippen LogP contribution in [0.3, 0.4) is 0 Å². The molecule has 0 saturated heterocycles.